The van der Waals surface area contributed by atoms with Crippen molar-refractivity contribution in [3.63, 3.8) is 0 Å². The smallest absolute Gasteiger partial charge is 0.273 e. The largest absolute Gasteiger partial charge is 0.453 e. The van der Waals surface area contributed by atoms with E-state index in [2.05, 4.69) is 0 Å². The molecular weight excluding hydrogens is 455 g/mol. The van der Waals surface area contributed by atoms with Gasteiger partial charge >= 0.3 is 0 Å². The Morgan fingerprint density at radius 3 is 1.39 bits per heavy atom. The summed E-state index contributed by atoms with van der Waals surface area (Å²) >= 11 is 13.5. The first-order chi connectivity index (χ1) is 15.9. The molecule has 6 rings (SSSR count). The van der Waals surface area contributed by atoms with Crippen molar-refractivity contribution in [2.75, 3.05) is 0 Å². The van der Waals surface area contributed by atoms with Gasteiger partial charge in [-0.1, -0.05) is 82.9 Å². The van der Waals surface area contributed by atoms with Crippen molar-refractivity contribution in [1.29, 1.82) is 0 Å². The quantitative estimate of drug-likeness (QED) is 0.300. The fraction of sp³-hybridized carbons (Fsp3) is 0.143. The third-order valence-corrected chi connectivity index (χ3v) is 6.89. The number of fused-ring (bicyclic) bond motifs is 6. The van der Waals surface area contributed by atoms with Gasteiger partial charge in [-0.05, 0) is 50.2 Å². The van der Waals surface area contributed by atoms with Crippen LogP contribution in [0.4, 0.5) is 0 Å². The van der Waals surface area contributed by atoms with Gasteiger partial charge in [0.2, 0.25) is 0 Å². The van der Waals surface area contributed by atoms with Crippen LogP contribution in [-0.2, 0) is 16.3 Å². The predicted octanol–water partition coefficient (Wildman–Crippen LogP) is 7.51. The van der Waals surface area contributed by atoms with Crippen molar-refractivity contribution in [2.24, 2.45) is 0 Å². The van der Waals surface area contributed by atoms with Gasteiger partial charge < -0.3 is 9.47 Å². The van der Waals surface area contributed by atoms with Gasteiger partial charge in [0, 0.05) is 11.1 Å². The van der Waals surface area contributed by atoms with Crippen LogP contribution in [-0.4, -0.2) is 0 Å². The molecule has 33 heavy (non-hydrogen) atoms. The highest BCUT2D eigenvalue weighted by atomic mass is 35.5. The Hall–Kier alpha value is -2.98. The Morgan fingerprint density at radius 1 is 0.545 bits per heavy atom. The highest BCUT2D eigenvalue weighted by Crippen LogP contribution is 2.59. The zero-order valence-corrected chi connectivity index (χ0v) is 19.6. The summed E-state index contributed by atoms with van der Waals surface area (Å²) in [6, 6.07) is 27.1. The van der Waals surface area contributed by atoms with E-state index in [1.54, 1.807) is 0 Å². The molecule has 4 aromatic carbocycles. The lowest BCUT2D eigenvalue weighted by molar-refractivity contribution is -0.322. The molecule has 2 bridgehead atoms. The zero-order valence-electron chi connectivity index (χ0n) is 18.1. The van der Waals surface area contributed by atoms with Crippen molar-refractivity contribution in [3.8, 4) is 11.5 Å². The van der Waals surface area contributed by atoms with Crippen LogP contribution in [0.2, 0.25) is 10.0 Å². The number of aryl methyl sites for hydroxylation is 2. The van der Waals surface area contributed by atoms with E-state index in [1.807, 2.05) is 98.8 Å². The van der Waals surface area contributed by atoms with Gasteiger partial charge in [-0.25, -0.2) is 0 Å². The fourth-order valence-corrected chi connectivity index (χ4v) is 5.24. The molecule has 0 saturated heterocycles. The normalized spacial score (nSPS) is 22.5. The van der Waals surface area contributed by atoms with E-state index in [1.165, 1.54) is 0 Å². The van der Waals surface area contributed by atoms with Gasteiger partial charge in [-0.15, -0.1) is 0 Å². The third-order valence-electron chi connectivity index (χ3n) is 6.23. The van der Waals surface area contributed by atoms with Gasteiger partial charge in [-0.3, -0.25) is 4.74 Å². The molecular formula is C28H20Cl2O3. The fourth-order valence-electron chi connectivity index (χ4n) is 4.72. The summed E-state index contributed by atoms with van der Waals surface area (Å²) in [7, 11) is 0. The average Bonchev–Trinajstić information content (AvgIpc) is 2.81. The number of halogens is 2. The Morgan fingerprint density at radius 2 is 0.970 bits per heavy atom. The summed E-state index contributed by atoms with van der Waals surface area (Å²) in [6.45, 7) is 4.05. The first-order valence-electron chi connectivity index (χ1n) is 10.7. The molecule has 0 aliphatic carbocycles. The van der Waals surface area contributed by atoms with Crippen molar-refractivity contribution in [2.45, 2.75) is 25.4 Å². The number of rotatable bonds is 2. The van der Waals surface area contributed by atoms with E-state index >= 15 is 0 Å². The Kier molecular flexibility index (Phi) is 4.54. The number of ether oxygens (including phenoxy) is 3. The van der Waals surface area contributed by atoms with Crippen LogP contribution < -0.4 is 9.47 Å². The van der Waals surface area contributed by atoms with Gasteiger partial charge in [0.05, 0.1) is 21.2 Å². The van der Waals surface area contributed by atoms with Crippen LogP contribution >= 0.6 is 23.2 Å². The minimum absolute atomic E-state index is 0.537. The first-order valence-corrected chi connectivity index (χ1v) is 11.5. The van der Waals surface area contributed by atoms with Crippen LogP contribution in [0.1, 0.15) is 33.4 Å². The first kappa shape index (κ1) is 20.6. The van der Waals surface area contributed by atoms with Crippen molar-refractivity contribution in [3.05, 3.63) is 128 Å². The zero-order chi connectivity index (χ0) is 22.8. The molecule has 3 nitrogen and oxygen atoms in total. The highest BCUT2D eigenvalue weighted by molar-refractivity contribution is 6.31. The molecule has 0 spiro atoms. The molecule has 2 atom stereocenters. The SMILES string of the molecule is Cc1ccc2c(c1)[C@@]1(c3ccccc3Cl)Oc3ccc(C)cc3[C@@](c3ccccc3Cl)(O2)O1. The summed E-state index contributed by atoms with van der Waals surface area (Å²) in [5.74, 6) is -1.36. The molecule has 2 heterocycles. The van der Waals surface area contributed by atoms with Gasteiger partial charge in [0.1, 0.15) is 11.5 Å². The van der Waals surface area contributed by atoms with Crippen molar-refractivity contribution < 1.29 is 14.2 Å². The summed E-state index contributed by atoms with van der Waals surface area (Å²) in [5, 5.41) is 1.07. The number of hydrogen-bond donors (Lipinski definition) is 0. The summed E-state index contributed by atoms with van der Waals surface area (Å²) in [4.78, 5) is 0. The molecule has 0 fully saturated rings. The van der Waals surface area contributed by atoms with E-state index in [0.29, 0.717) is 32.7 Å². The number of benzene rings is 4. The summed E-state index contributed by atoms with van der Waals surface area (Å²) in [5.41, 5.74) is 5.01. The lowest BCUT2D eigenvalue weighted by Crippen LogP contribution is -2.56. The standard InChI is InChI=1S/C28H20Cl2O3/c1-17-11-13-25-21(15-17)27(19-7-3-5-9-23(19)29)32-26-14-12-18(2)16-22(26)28(31-25,33-27)20-8-4-6-10-24(20)30/h3-16H,1-2H3/t27-,28-/m0/s1. The minimum atomic E-state index is -1.33. The van der Waals surface area contributed by atoms with Crippen LogP contribution in [0, 0.1) is 13.8 Å². The monoisotopic (exact) mass is 474 g/mol. The molecule has 0 radical (unpaired) electrons. The molecule has 0 unspecified atom stereocenters. The predicted molar refractivity (Wildman–Crippen MR) is 129 cm³/mol. The van der Waals surface area contributed by atoms with Crippen LogP contribution in [0.5, 0.6) is 11.5 Å². The maximum absolute atomic E-state index is 6.98. The molecule has 0 saturated carbocycles. The van der Waals surface area contributed by atoms with Crippen molar-refractivity contribution >= 4 is 23.2 Å². The second-order valence-corrected chi connectivity index (χ2v) is 9.31. The van der Waals surface area contributed by atoms with Crippen molar-refractivity contribution in [1.82, 2.24) is 0 Å². The van der Waals surface area contributed by atoms with E-state index in [9.17, 15) is 0 Å². The van der Waals surface area contributed by atoms with Gasteiger partial charge in [0.25, 0.3) is 11.6 Å². The molecule has 4 aromatic rings. The summed E-state index contributed by atoms with van der Waals surface area (Å²) in [6.07, 6.45) is 0. The third kappa shape index (κ3) is 2.93. The maximum Gasteiger partial charge on any atom is 0.273 e. The second kappa shape index (κ2) is 7.26. The molecule has 0 aromatic heterocycles. The Labute approximate surface area is 202 Å². The second-order valence-electron chi connectivity index (χ2n) is 8.50. The molecule has 0 amide bonds. The van der Waals surface area contributed by atoms with E-state index in [4.69, 9.17) is 37.4 Å². The van der Waals surface area contributed by atoms with Crippen LogP contribution in [0.25, 0.3) is 0 Å². The average molecular weight is 475 g/mol. The summed E-state index contributed by atoms with van der Waals surface area (Å²) < 4.78 is 20.5. The van der Waals surface area contributed by atoms with E-state index in [0.717, 1.165) is 22.3 Å². The molecule has 164 valence electrons. The Bertz CT molecular complexity index is 1310. The van der Waals surface area contributed by atoms with Gasteiger partial charge in [-0.2, -0.15) is 0 Å². The van der Waals surface area contributed by atoms with Crippen LogP contribution in [0.3, 0.4) is 0 Å². The molecule has 5 heteroatoms. The molecule has 0 N–H and O–H groups in total. The lowest BCUT2D eigenvalue weighted by atomic mass is 9.86. The minimum Gasteiger partial charge on any atom is -0.453 e. The van der Waals surface area contributed by atoms with E-state index < -0.39 is 11.6 Å². The topological polar surface area (TPSA) is 27.7 Å². The van der Waals surface area contributed by atoms with Crippen LogP contribution in [0.15, 0.2) is 84.9 Å². The number of hydrogen-bond acceptors (Lipinski definition) is 3. The molecule has 2 aliphatic rings. The van der Waals surface area contributed by atoms with E-state index in [-0.39, 0.29) is 0 Å². The lowest BCUT2D eigenvalue weighted by Gasteiger charge is -2.52. The Balaban J connectivity index is 1.76. The van der Waals surface area contributed by atoms with Gasteiger partial charge in [0.15, 0.2) is 0 Å². The molecule has 2 aliphatic heterocycles. The maximum atomic E-state index is 6.98. The highest BCUT2D eigenvalue weighted by Gasteiger charge is 2.61.